The molecule has 3 rings (SSSR count). The Morgan fingerprint density at radius 1 is 1.21 bits per heavy atom. The highest BCUT2D eigenvalue weighted by Crippen LogP contribution is 2.47. The lowest BCUT2D eigenvalue weighted by Gasteiger charge is -2.47. The van der Waals surface area contributed by atoms with Gasteiger partial charge in [0.1, 0.15) is 11.0 Å². The lowest BCUT2D eigenvalue weighted by atomic mass is 9.60. The van der Waals surface area contributed by atoms with Crippen LogP contribution in [0.2, 0.25) is 0 Å². The van der Waals surface area contributed by atoms with E-state index in [-0.39, 0.29) is 6.61 Å². The third kappa shape index (κ3) is 1.79. The van der Waals surface area contributed by atoms with Crippen molar-refractivity contribution in [3.63, 3.8) is 0 Å². The Kier molecular flexibility index (Phi) is 3.08. The fraction of sp³-hybridized carbons (Fsp3) is 0.562. The van der Waals surface area contributed by atoms with Crippen LogP contribution >= 0.6 is 0 Å². The molecule has 0 radical (unpaired) electrons. The van der Waals surface area contributed by atoms with Crippen LogP contribution in [0.1, 0.15) is 36.8 Å². The second kappa shape index (κ2) is 4.63. The van der Waals surface area contributed by atoms with E-state index in [1.54, 1.807) is 0 Å². The molecule has 0 saturated carbocycles. The predicted octanol–water partition coefficient (Wildman–Crippen LogP) is 2.33. The van der Waals surface area contributed by atoms with Crippen LogP contribution in [-0.4, -0.2) is 23.9 Å². The maximum absolute atomic E-state index is 11.0. The molecule has 0 bridgehead atoms. The van der Waals surface area contributed by atoms with Crippen molar-refractivity contribution in [2.24, 2.45) is 0 Å². The van der Waals surface area contributed by atoms with Crippen molar-refractivity contribution in [3.05, 3.63) is 35.4 Å². The third-order valence-electron chi connectivity index (χ3n) is 4.68. The molecule has 0 amide bonds. The average Bonchev–Trinajstić information content (AvgIpc) is 2.47. The molecule has 2 atom stereocenters. The number of hydrogen-bond acceptors (Lipinski definition) is 3. The molecule has 1 saturated heterocycles. The highest BCUT2D eigenvalue weighted by atomic mass is 16.5. The minimum Gasteiger partial charge on any atom is -0.385 e. The minimum atomic E-state index is -1.05. The van der Waals surface area contributed by atoms with Crippen LogP contribution in [0.15, 0.2) is 24.3 Å². The smallest absolute Gasteiger partial charge is 0.113 e. The summed E-state index contributed by atoms with van der Waals surface area (Å²) in [5.41, 5.74) is 0.366. The van der Waals surface area contributed by atoms with Gasteiger partial charge in [-0.25, -0.2) is 0 Å². The van der Waals surface area contributed by atoms with E-state index in [2.05, 4.69) is 12.1 Å². The van der Waals surface area contributed by atoms with Crippen molar-refractivity contribution < 1.29 is 9.84 Å². The van der Waals surface area contributed by atoms with Crippen LogP contribution in [0.3, 0.4) is 0 Å². The van der Waals surface area contributed by atoms with Crippen molar-refractivity contribution in [1.82, 2.24) is 0 Å². The highest BCUT2D eigenvalue weighted by molar-refractivity contribution is 5.45. The highest BCUT2D eigenvalue weighted by Gasteiger charge is 2.54. The zero-order chi connectivity index (χ0) is 13.3. The Bertz CT molecular complexity index is 514. The normalized spacial score (nSPS) is 34.3. The molecule has 1 heterocycles. The molecule has 100 valence electrons. The molecule has 1 N–H and O–H groups in total. The summed E-state index contributed by atoms with van der Waals surface area (Å²) in [5, 5.41) is 20.9. The van der Waals surface area contributed by atoms with Crippen LogP contribution in [0.4, 0.5) is 0 Å². The zero-order valence-corrected chi connectivity index (χ0v) is 11.1. The van der Waals surface area contributed by atoms with Gasteiger partial charge >= 0.3 is 0 Å². The molecule has 1 aromatic rings. The number of nitriles is 1. The van der Waals surface area contributed by atoms with Gasteiger partial charge in [-0.05, 0) is 43.2 Å². The van der Waals surface area contributed by atoms with Gasteiger partial charge in [0.15, 0.2) is 0 Å². The van der Waals surface area contributed by atoms with Crippen molar-refractivity contribution in [2.75, 3.05) is 13.2 Å². The number of aliphatic hydroxyl groups is 1. The molecule has 1 aliphatic carbocycles. The van der Waals surface area contributed by atoms with Gasteiger partial charge in [-0.3, -0.25) is 0 Å². The Morgan fingerprint density at radius 2 is 2.05 bits per heavy atom. The summed E-state index contributed by atoms with van der Waals surface area (Å²) in [6, 6.07) is 10.5. The van der Waals surface area contributed by atoms with Gasteiger partial charge in [-0.1, -0.05) is 24.3 Å². The number of nitrogens with zero attached hydrogens (tertiary/aromatic N) is 1. The first-order chi connectivity index (χ1) is 9.22. The quantitative estimate of drug-likeness (QED) is 0.840. The molecular formula is C16H19NO2. The zero-order valence-electron chi connectivity index (χ0n) is 11.1. The summed E-state index contributed by atoms with van der Waals surface area (Å²) in [4.78, 5) is 0. The van der Waals surface area contributed by atoms with Gasteiger partial charge in [0, 0.05) is 6.61 Å². The van der Waals surface area contributed by atoms with Gasteiger partial charge < -0.3 is 9.84 Å². The van der Waals surface area contributed by atoms with E-state index in [0.717, 1.165) is 31.2 Å². The maximum atomic E-state index is 11.0. The van der Waals surface area contributed by atoms with Crippen LogP contribution in [0.25, 0.3) is 0 Å². The van der Waals surface area contributed by atoms with Crippen LogP contribution in [-0.2, 0) is 16.6 Å². The molecular weight excluding hydrogens is 238 g/mol. The monoisotopic (exact) mass is 257 g/mol. The summed E-state index contributed by atoms with van der Waals surface area (Å²) in [6.45, 7) is 0.959. The van der Waals surface area contributed by atoms with E-state index in [9.17, 15) is 10.4 Å². The number of rotatable bonds is 1. The Balaban J connectivity index is 2.12. The van der Waals surface area contributed by atoms with Gasteiger partial charge in [0.05, 0.1) is 12.7 Å². The maximum Gasteiger partial charge on any atom is 0.113 e. The van der Waals surface area contributed by atoms with E-state index in [1.807, 2.05) is 18.2 Å². The summed E-state index contributed by atoms with van der Waals surface area (Å²) in [7, 11) is 0. The molecule has 2 unspecified atom stereocenters. The topological polar surface area (TPSA) is 53.2 Å². The predicted molar refractivity (Wildman–Crippen MR) is 71.7 cm³/mol. The molecule has 19 heavy (non-hydrogen) atoms. The second-order valence-electron chi connectivity index (χ2n) is 5.72. The fourth-order valence-corrected chi connectivity index (χ4v) is 3.65. The van der Waals surface area contributed by atoms with Crippen molar-refractivity contribution in [2.45, 2.75) is 43.1 Å². The molecule has 3 nitrogen and oxygen atoms in total. The number of ether oxygens (including phenoxy) is 1. The molecule has 0 aromatic heterocycles. The van der Waals surface area contributed by atoms with Crippen molar-refractivity contribution in [1.29, 1.82) is 5.26 Å². The molecule has 1 aliphatic heterocycles. The van der Waals surface area contributed by atoms with E-state index < -0.39 is 11.0 Å². The molecule has 1 aromatic carbocycles. The summed E-state index contributed by atoms with van der Waals surface area (Å²) in [6.07, 6.45) is 4.14. The largest absolute Gasteiger partial charge is 0.385 e. The van der Waals surface area contributed by atoms with Crippen molar-refractivity contribution >= 4 is 0 Å². The number of benzene rings is 1. The first kappa shape index (κ1) is 12.7. The van der Waals surface area contributed by atoms with Crippen LogP contribution < -0.4 is 0 Å². The number of hydrogen-bond donors (Lipinski definition) is 1. The van der Waals surface area contributed by atoms with Crippen LogP contribution in [0, 0.1) is 11.3 Å². The number of aryl methyl sites for hydroxylation is 1. The van der Waals surface area contributed by atoms with E-state index in [4.69, 9.17) is 4.74 Å². The second-order valence-corrected chi connectivity index (χ2v) is 5.72. The summed E-state index contributed by atoms with van der Waals surface area (Å²) < 4.78 is 5.48. The van der Waals surface area contributed by atoms with Gasteiger partial charge in [0.2, 0.25) is 0 Å². The SMILES string of the molecule is N#CC1(C2(O)CCCOC2)CCCc2ccccc21. The third-order valence-corrected chi connectivity index (χ3v) is 4.68. The fourth-order valence-electron chi connectivity index (χ4n) is 3.65. The first-order valence-corrected chi connectivity index (χ1v) is 7.02. The average molecular weight is 257 g/mol. The molecule has 2 aliphatic rings. The van der Waals surface area contributed by atoms with Crippen molar-refractivity contribution in [3.8, 4) is 6.07 Å². The molecule has 3 heteroatoms. The molecule has 0 spiro atoms. The van der Waals surface area contributed by atoms with Gasteiger partial charge in [0.25, 0.3) is 0 Å². The minimum absolute atomic E-state index is 0.273. The molecule has 1 fully saturated rings. The van der Waals surface area contributed by atoms with E-state index in [1.165, 1.54) is 5.56 Å². The Morgan fingerprint density at radius 3 is 2.79 bits per heavy atom. The Labute approximate surface area is 113 Å². The van der Waals surface area contributed by atoms with E-state index >= 15 is 0 Å². The summed E-state index contributed by atoms with van der Waals surface area (Å²) in [5.74, 6) is 0. The van der Waals surface area contributed by atoms with Gasteiger partial charge in [-0.15, -0.1) is 0 Å². The van der Waals surface area contributed by atoms with Crippen LogP contribution in [0.5, 0.6) is 0 Å². The lowest BCUT2D eigenvalue weighted by molar-refractivity contribution is -0.122. The van der Waals surface area contributed by atoms with Gasteiger partial charge in [-0.2, -0.15) is 5.26 Å². The standard InChI is InChI=1S/C16H19NO2/c17-11-15(16(18)9-4-10-19-12-16)8-3-6-13-5-1-2-7-14(13)15/h1-2,5,7,18H,3-4,6,8-10,12H2. The Hall–Kier alpha value is -1.37. The number of fused-ring (bicyclic) bond motifs is 1. The summed E-state index contributed by atoms with van der Waals surface area (Å²) >= 11 is 0. The first-order valence-electron chi connectivity index (χ1n) is 7.02. The van der Waals surface area contributed by atoms with E-state index in [0.29, 0.717) is 13.0 Å². The lowest BCUT2D eigenvalue weighted by Crippen LogP contribution is -2.57.